The van der Waals surface area contributed by atoms with E-state index in [0.717, 1.165) is 12.1 Å². The lowest BCUT2D eigenvalue weighted by molar-refractivity contribution is -0.138. The van der Waals surface area contributed by atoms with Gasteiger partial charge in [-0.3, -0.25) is 4.79 Å². The molecular weight excluding hydrogens is 391 g/mol. The summed E-state index contributed by atoms with van der Waals surface area (Å²) in [5, 5.41) is 9.21. The summed E-state index contributed by atoms with van der Waals surface area (Å²) in [5.41, 5.74) is 1.70. The first-order valence-electron chi connectivity index (χ1n) is 10.5. The standard InChI is InChI=1S/C24H30F3NO2/c1-23(2,3)18-8-10-20(11-9-18)28-13-12-16(15-22(29)30)14-21(28)17-4-6-19(7-5-17)24(25,26)27/h4,6-11,16-17,21H,5,12-15H2,1-3H3,(H,29,30)/t16-,17?,21+/m0/s1. The molecule has 0 bridgehead atoms. The fraction of sp³-hybridized carbons (Fsp3) is 0.542. The first kappa shape index (κ1) is 22.4. The van der Waals surface area contributed by atoms with Crippen LogP contribution in [0.15, 0.2) is 48.1 Å². The van der Waals surface area contributed by atoms with Gasteiger partial charge in [0.25, 0.3) is 0 Å². The molecule has 0 spiro atoms. The molecule has 0 aromatic heterocycles. The summed E-state index contributed by atoms with van der Waals surface area (Å²) in [6, 6.07) is 8.34. The van der Waals surface area contributed by atoms with Crippen LogP contribution in [0.5, 0.6) is 0 Å². The number of rotatable bonds is 4. The Hall–Kier alpha value is -2.24. The number of hydrogen-bond donors (Lipinski definition) is 1. The van der Waals surface area contributed by atoms with Crippen molar-refractivity contribution in [2.75, 3.05) is 11.4 Å². The van der Waals surface area contributed by atoms with Gasteiger partial charge in [-0.15, -0.1) is 0 Å². The Kier molecular flexibility index (Phi) is 6.34. The highest BCUT2D eigenvalue weighted by Gasteiger charge is 2.37. The molecule has 1 aromatic carbocycles. The van der Waals surface area contributed by atoms with Crippen LogP contribution in [0.3, 0.4) is 0 Å². The zero-order chi connectivity index (χ0) is 22.1. The predicted molar refractivity (Wildman–Crippen MR) is 113 cm³/mol. The molecule has 3 rings (SSSR count). The SMILES string of the molecule is CC(C)(C)c1ccc(N2CC[C@H](CC(=O)O)C[C@@H]2C2C=CC(C(F)(F)F)=CC2)cc1. The monoisotopic (exact) mass is 421 g/mol. The van der Waals surface area contributed by atoms with Gasteiger partial charge in [0.15, 0.2) is 0 Å². The van der Waals surface area contributed by atoms with Gasteiger partial charge in [-0.25, -0.2) is 0 Å². The maximum atomic E-state index is 13.0. The summed E-state index contributed by atoms with van der Waals surface area (Å²) in [7, 11) is 0. The summed E-state index contributed by atoms with van der Waals surface area (Å²) in [5.74, 6) is -0.853. The molecule has 1 unspecified atom stereocenters. The number of anilines is 1. The number of carboxylic acid groups (broad SMARTS) is 1. The Bertz CT molecular complexity index is 818. The van der Waals surface area contributed by atoms with Gasteiger partial charge < -0.3 is 10.0 Å². The van der Waals surface area contributed by atoms with Crippen LogP contribution in [-0.2, 0) is 10.2 Å². The van der Waals surface area contributed by atoms with Crippen LogP contribution >= 0.6 is 0 Å². The second-order valence-corrected chi connectivity index (χ2v) is 9.46. The van der Waals surface area contributed by atoms with E-state index in [-0.39, 0.29) is 29.7 Å². The van der Waals surface area contributed by atoms with Crippen molar-refractivity contribution in [1.82, 2.24) is 0 Å². The number of carboxylic acids is 1. The average molecular weight is 422 g/mol. The molecule has 1 aromatic rings. The number of hydrogen-bond acceptors (Lipinski definition) is 2. The zero-order valence-electron chi connectivity index (χ0n) is 17.7. The minimum Gasteiger partial charge on any atom is -0.481 e. The van der Waals surface area contributed by atoms with Gasteiger partial charge in [0, 0.05) is 30.6 Å². The van der Waals surface area contributed by atoms with Crippen LogP contribution in [0.25, 0.3) is 0 Å². The van der Waals surface area contributed by atoms with E-state index in [1.54, 1.807) is 6.08 Å². The van der Waals surface area contributed by atoms with Crippen LogP contribution in [0.4, 0.5) is 18.9 Å². The highest BCUT2D eigenvalue weighted by Crippen LogP contribution is 2.39. The van der Waals surface area contributed by atoms with Crippen LogP contribution in [0, 0.1) is 11.8 Å². The molecule has 3 nitrogen and oxygen atoms in total. The predicted octanol–water partition coefficient (Wildman–Crippen LogP) is 6.11. The highest BCUT2D eigenvalue weighted by atomic mass is 19.4. The summed E-state index contributed by atoms with van der Waals surface area (Å²) in [6.45, 7) is 7.16. The van der Waals surface area contributed by atoms with E-state index in [2.05, 4.69) is 49.9 Å². The lowest BCUT2D eigenvalue weighted by Crippen LogP contribution is -2.47. The van der Waals surface area contributed by atoms with Gasteiger partial charge in [0.1, 0.15) is 0 Å². The molecule has 1 fully saturated rings. The molecular formula is C24H30F3NO2. The lowest BCUT2D eigenvalue weighted by Gasteiger charge is -2.44. The fourth-order valence-electron chi connectivity index (χ4n) is 4.52. The van der Waals surface area contributed by atoms with Gasteiger partial charge in [0.2, 0.25) is 0 Å². The molecule has 6 heteroatoms. The summed E-state index contributed by atoms with van der Waals surface area (Å²) >= 11 is 0. The number of halogens is 3. The zero-order valence-corrected chi connectivity index (χ0v) is 17.7. The summed E-state index contributed by atoms with van der Waals surface area (Å²) < 4.78 is 39.0. The number of aliphatic carboxylic acids is 1. The Morgan fingerprint density at radius 2 is 1.83 bits per heavy atom. The van der Waals surface area contributed by atoms with Crippen LogP contribution in [0.2, 0.25) is 0 Å². The van der Waals surface area contributed by atoms with E-state index in [9.17, 15) is 23.1 Å². The first-order chi connectivity index (χ1) is 13.9. The molecule has 2 aliphatic rings. The number of nitrogens with zero attached hydrogens (tertiary/aromatic N) is 1. The number of carbonyl (C=O) groups is 1. The van der Waals surface area contributed by atoms with Crippen molar-refractivity contribution in [1.29, 1.82) is 0 Å². The van der Waals surface area contributed by atoms with Gasteiger partial charge in [-0.05, 0) is 48.3 Å². The second-order valence-electron chi connectivity index (χ2n) is 9.46. The largest absolute Gasteiger partial charge is 0.481 e. The van der Waals surface area contributed by atoms with Crippen LogP contribution in [-0.4, -0.2) is 29.8 Å². The minimum absolute atomic E-state index is 0.0223. The summed E-state index contributed by atoms with van der Waals surface area (Å²) in [6.07, 6.45) is 1.62. The first-order valence-corrected chi connectivity index (χ1v) is 10.5. The minimum atomic E-state index is -4.33. The van der Waals surface area contributed by atoms with Crippen molar-refractivity contribution >= 4 is 11.7 Å². The Labute approximate surface area is 176 Å². The van der Waals surface area contributed by atoms with E-state index in [1.807, 2.05) is 0 Å². The molecule has 164 valence electrons. The van der Waals surface area contributed by atoms with Gasteiger partial charge >= 0.3 is 12.1 Å². The molecule has 1 aliphatic heterocycles. The topological polar surface area (TPSA) is 40.5 Å². The van der Waals surface area contributed by atoms with Gasteiger partial charge in [-0.2, -0.15) is 13.2 Å². The van der Waals surface area contributed by atoms with Crippen LogP contribution < -0.4 is 4.90 Å². The van der Waals surface area contributed by atoms with E-state index in [0.29, 0.717) is 19.4 Å². The fourth-order valence-corrected chi connectivity index (χ4v) is 4.52. The Morgan fingerprint density at radius 3 is 2.33 bits per heavy atom. The Morgan fingerprint density at radius 1 is 1.17 bits per heavy atom. The molecule has 1 N–H and O–H groups in total. The van der Waals surface area contributed by atoms with Crippen molar-refractivity contribution in [3.8, 4) is 0 Å². The van der Waals surface area contributed by atoms with Gasteiger partial charge in [0.05, 0.1) is 5.57 Å². The van der Waals surface area contributed by atoms with Crippen molar-refractivity contribution in [2.45, 2.75) is 64.1 Å². The molecule has 30 heavy (non-hydrogen) atoms. The quantitative estimate of drug-likeness (QED) is 0.638. The normalized spacial score (nSPS) is 25.2. The molecule has 0 saturated carbocycles. The molecule has 1 saturated heterocycles. The lowest BCUT2D eigenvalue weighted by atomic mass is 9.79. The molecule has 0 radical (unpaired) electrons. The third kappa shape index (κ3) is 5.27. The van der Waals surface area contributed by atoms with E-state index >= 15 is 0 Å². The van der Waals surface area contributed by atoms with E-state index in [4.69, 9.17) is 0 Å². The van der Waals surface area contributed by atoms with Crippen molar-refractivity contribution in [3.63, 3.8) is 0 Å². The molecule has 1 aliphatic carbocycles. The van der Waals surface area contributed by atoms with E-state index in [1.165, 1.54) is 17.7 Å². The third-order valence-corrected chi connectivity index (χ3v) is 6.24. The maximum absolute atomic E-state index is 13.0. The van der Waals surface area contributed by atoms with Gasteiger partial charge in [-0.1, -0.05) is 51.1 Å². The number of piperidine rings is 1. The smallest absolute Gasteiger partial charge is 0.416 e. The number of allylic oxidation sites excluding steroid dienone is 3. The number of benzene rings is 1. The second kappa shape index (κ2) is 8.48. The van der Waals surface area contributed by atoms with Crippen molar-refractivity contribution < 1.29 is 23.1 Å². The third-order valence-electron chi connectivity index (χ3n) is 6.24. The molecule has 0 amide bonds. The average Bonchev–Trinajstić information content (AvgIpc) is 2.66. The summed E-state index contributed by atoms with van der Waals surface area (Å²) in [4.78, 5) is 13.5. The Balaban J connectivity index is 1.83. The maximum Gasteiger partial charge on any atom is 0.416 e. The number of alkyl halides is 3. The van der Waals surface area contributed by atoms with E-state index < -0.39 is 17.7 Å². The molecule has 3 atom stereocenters. The van der Waals surface area contributed by atoms with Crippen LogP contribution in [0.1, 0.15) is 52.0 Å². The highest BCUT2D eigenvalue weighted by molar-refractivity contribution is 5.67. The van der Waals surface area contributed by atoms with Crippen molar-refractivity contribution in [3.05, 3.63) is 53.6 Å². The molecule has 1 heterocycles. The van der Waals surface area contributed by atoms with Crippen molar-refractivity contribution in [2.24, 2.45) is 11.8 Å².